The molecular formula is C32H34N2O6. The first-order valence-corrected chi connectivity index (χ1v) is 13.7. The molecule has 2 aliphatic carbocycles. The van der Waals surface area contributed by atoms with E-state index < -0.39 is 30.1 Å². The maximum absolute atomic E-state index is 12.9. The molecule has 3 aromatic rings. The number of carbonyl (C=O) groups is 3. The standard InChI is InChI=1S/C32H34N2O6/c1-20(39-18-21-9-3-2-4-10-21)29(31(36)37)34-30(35)22-15-16-23(17-22)33-32(38)40-19-28-26-13-7-5-11-24(26)25-12-6-8-14-27(25)28/h2-14,20,22-23,28-29H,15-19H2,1H3,(H,33,38)(H,34,35)(H,36,37)/t20-,22+,23-,29+/m0/s1. The number of nitrogens with one attached hydrogen (secondary N) is 2. The van der Waals surface area contributed by atoms with Crippen molar-refractivity contribution in [1.29, 1.82) is 0 Å². The fraction of sp³-hybridized carbons (Fsp3) is 0.344. The van der Waals surface area contributed by atoms with Gasteiger partial charge in [0.1, 0.15) is 6.61 Å². The first-order chi connectivity index (χ1) is 19.4. The molecule has 8 nitrogen and oxygen atoms in total. The predicted molar refractivity (Wildman–Crippen MR) is 150 cm³/mol. The largest absolute Gasteiger partial charge is 0.480 e. The van der Waals surface area contributed by atoms with Crippen molar-refractivity contribution in [3.8, 4) is 11.1 Å². The van der Waals surface area contributed by atoms with Gasteiger partial charge in [0.05, 0.1) is 12.7 Å². The zero-order chi connectivity index (χ0) is 28.1. The van der Waals surface area contributed by atoms with Gasteiger partial charge in [0.15, 0.2) is 6.04 Å². The molecule has 8 heteroatoms. The zero-order valence-electron chi connectivity index (χ0n) is 22.4. The molecule has 0 radical (unpaired) electrons. The van der Waals surface area contributed by atoms with Gasteiger partial charge in [-0.3, -0.25) is 4.79 Å². The Morgan fingerprint density at radius 3 is 2.17 bits per heavy atom. The summed E-state index contributed by atoms with van der Waals surface area (Å²) >= 11 is 0. The third kappa shape index (κ3) is 6.18. The SMILES string of the molecule is C[C@H](OCc1ccccc1)[C@@H](NC(=O)[C@@H]1CC[C@H](NC(=O)OCC2c3ccccc3-c3ccccc32)C1)C(=O)O. The van der Waals surface area contributed by atoms with E-state index in [9.17, 15) is 19.5 Å². The molecule has 2 aliphatic rings. The Morgan fingerprint density at radius 2 is 1.52 bits per heavy atom. The Hall–Kier alpha value is -4.17. The van der Waals surface area contributed by atoms with Crippen LogP contribution in [0.25, 0.3) is 11.1 Å². The highest BCUT2D eigenvalue weighted by Gasteiger charge is 2.35. The number of carbonyl (C=O) groups excluding carboxylic acids is 2. The number of ether oxygens (including phenoxy) is 2. The van der Waals surface area contributed by atoms with Gasteiger partial charge in [-0.05, 0) is 54.0 Å². The number of carboxylic acid groups (broad SMARTS) is 1. The van der Waals surface area contributed by atoms with E-state index in [0.717, 1.165) is 27.8 Å². The topological polar surface area (TPSA) is 114 Å². The number of benzene rings is 3. The fourth-order valence-corrected chi connectivity index (χ4v) is 5.71. The molecular weight excluding hydrogens is 508 g/mol. The molecule has 3 aromatic carbocycles. The molecule has 0 spiro atoms. The Labute approximate surface area is 233 Å². The predicted octanol–water partition coefficient (Wildman–Crippen LogP) is 4.87. The number of carboxylic acids is 1. The van der Waals surface area contributed by atoms with Crippen LogP contribution in [0.1, 0.15) is 48.8 Å². The summed E-state index contributed by atoms with van der Waals surface area (Å²) in [5.41, 5.74) is 5.53. The highest BCUT2D eigenvalue weighted by atomic mass is 16.5. The lowest BCUT2D eigenvalue weighted by Crippen LogP contribution is -2.50. The lowest BCUT2D eigenvalue weighted by atomic mass is 9.98. The van der Waals surface area contributed by atoms with E-state index in [2.05, 4.69) is 34.9 Å². The van der Waals surface area contributed by atoms with Crippen LogP contribution < -0.4 is 10.6 Å². The third-order valence-electron chi connectivity index (χ3n) is 7.86. The van der Waals surface area contributed by atoms with Crippen LogP contribution in [0.2, 0.25) is 0 Å². The highest BCUT2D eigenvalue weighted by Crippen LogP contribution is 2.44. The molecule has 40 heavy (non-hydrogen) atoms. The summed E-state index contributed by atoms with van der Waals surface area (Å²) in [4.78, 5) is 37.5. The molecule has 1 saturated carbocycles. The van der Waals surface area contributed by atoms with E-state index in [1.165, 1.54) is 0 Å². The van der Waals surface area contributed by atoms with Crippen molar-refractivity contribution in [2.75, 3.05) is 6.61 Å². The second-order valence-electron chi connectivity index (χ2n) is 10.5. The third-order valence-corrected chi connectivity index (χ3v) is 7.86. The smallest absolute Gasteiger partial charge is 0.407 e. The van der Waals surface area contributed by atoms with E-state index in [1.807, 2.05) is 54.6 Å². The number of fused-ring (bicyclic) bond motifs is 3. The molecule has 2 amide bonds. The monoisotopic (exact) mass is 542 g/mol. The number of amides is 2. The van der Waals surface area contributed by atoms with Gasteiger partial charge in [0.25, 0.3) is 0 Å². The van der Waals surface area contributed by atoms with Crippen LogP contribution in [0.4, 0.5) is 4.79 Å². The number of hydrogen-bond donors (Lipinski definition) is 3. The average Bonchev–Trinajstić information content (AvgIpc) is 3.56. The van der Waals surface area contributed by atoms with Crippen molar-refractivity contribution in [3.05, 3.63) is 95.6 Å². The van der Waals surface area contributed by atoms with Crippen LogP contribution in [-0.2, 0) is 25.7 Å². The van der Waals surface area contributed by atoms with Crippen molar-refractivity contribution in [3.63, 3.8) is 0 Å². The Balaban J connectivity index is 1.10. The summed E-state index contributed by atoms with van der Waals surface area (Å²) in [7, 11) is 0. The molecule has 208 valence electrons. The van der Waals surface area contributed by atoms with E-state index in [-0.39, 0.29) is 31.1 Å². The summed E-state index contributed by atoms with van der Waals surface area (Å²) < 4.78 is 11.4. The normalized spacial score (nSPS) is 19.2. The van der Waals surface area contributed by atoms with Crippen molar-refractivity contribution < 1.29 is 29.0 Å². The van der Waals surface area contributed by atoms with Crippen LogP contribution in [0, 0.1) is 5.92 Å². The Bertz CT molecular complexity index is 1310. The Kier molecular flexibility index (Phi) is 8.45. The van der Waals surface area contributed by atoms with Gasteiger partial charge < -0.3 is 25.2 Å². The minimum absolute atomic E-state index is 0.0284. The molecule has 0 heterocycles. The minimum atomic E-state index is -1.18. The highest BCUT2D eigenvalue weighted by molar-refractivity contribution is 5.85. The van der Waals surface area contributed by atoms with Crippen LogP contribution in [0.3, 0.4) is 0 Å². The lowest BCUT2D eigenvalue weighted by molar-refractivity contribution is -0.147. The molecule has 5 rings (SSSR count). The molecule has 0 saturated heterocycles. The van der Waals surface area contributed by atoms with Crippen LogP contribution in [-0.4, -0.2) is 47.9 Å². The number of alkyl carbamates (subject to hydrolysis) is 1. The first-order valence-electron chi connectivity index (χ1n) is 13.7. The molecule has 3 N–H and O–H groups in total. The summed E-state index contributed by atoms with van der Waals surface area (Å²) in [5.74, 6) is -1.93. The average molecular weight is 543 g/mol. The van der Waals surface area contributed by atoms with Gasteiger partial charge in [-0.25, -0.2) is 9.59 Å². The number of hydrogen-bond acceptors (Lipinski definition) is 5. The fourth-order valence-electron chi connectivity index (χ4n) is 5.71. The summed E-state index contributed by atoms with van der Waals surface area (Å²) in [6, 6.07) is 24.4. The van der Waals surface area contributed by atoms with Crippen molar-refractivity contribution in [1.82, 2.24) is 10.6 Å². The molecule has 0 unspecified atom stereocenters. The zero-order valence-corrected chi connectivity index (χ0v) is 22.4. The summed E-state index contributed by atoms with van der Waals surface area (Å²) in [6.07, 6.45) is 0.338. The number of rotatable bonds is 10. The molecule has 4 atom stereocenters. The van der Waals surface area contributed by atoms with E-state index in [0.29, 0.717) is 19.3 Å². The quantitative estimate of drug-likeness (QED) is 0.337. The van der Waals surface area contributed by atoms with Gasteiger partial charge in [0.2, 0.25) is 5.91 Å². The van der Waals surface area contributed by atoms with Crippen molar-refractivity contribution in [2.24, 2.45) is 5.92 Å². The lowest BCUT2D eigenvalue weighted by Gasteiger charge is -2.23. The van der Waals surface area contributed by atoms with E-state index >= 15 is 0 Å². The Morgan fingerprint density at radius 1 is 0.900 bits per heavy atom. The second-order valence-corrected chi connectivity index (χ2v) is 10.5. The maximum atomic E-state index is 12.9. The van der Waals surface area contributed by atoms with Crippen LogP contribution >= 0.6 is 0 Å². The summed E-state index contributed by atoms with van der Waals surface area (Å²) in [6.45, 7) is 2.10. The van der Waals surface area contributed by atoms with Gasteiger partial charge in [0, 0.05) is 17.9 Å². The van der Waals surface area contributed by atoms with E-state index in [4.69, 9.17) is 9.47 Å². The van der Waals surface area contributed by atoms with Gasteiger partial charge in [-0.15, -0.1) is 0 Å². The molecule has 0 aliphatic heterocycles. The molecule has 0 aromatic heterocycles. The van der Waals surface area contributed by atoms with Gasteiger partial charge in [-0.1, -0.05) is 78.9 Å². The first kappa shape index (κ1) is 27.4. The minimum Gasteiger partial charge on any atom is -0.480 e. The van der Waals surface area contributed by atoms with Crippen LogP contribution in [0.5, 0.6) is 0 Å². The molecule has 0 bridgehead atoms. The van der Waals surface area contributed by atoms with E-state index in [1.54, 1.807) is 6.92 Å². The van der Waals surface area contributed by atoms with Crippen LogP contribution in [0.15, 0.2) is 78.9 Å². The maximum Gasteiger partial charge on any atom is 0.407 e. The second kappa shape index (κ2) is 12.3. The van der Waals surface area contributed by atoms with Gasteiger partial charge >= 0.3 is 12.1 Å². The van der Waals surface area contributed by atoms with Crippen molar-refractivity contribution in [2.45, 2.75) is 56.9 Å². The molecule has 1 fully saturated rings. The summed E-state index contributed by atoms with van der Waals surface area (Å²) in [5, 5.41) is 15.2. The van der Waals surface area contributed by atoms with Gasteiger partial charge in [-0.2, -0.15) is 0 Å². The number of aliphatic carboxylic acids is 1. The van der Waals surface area contributed by atoms with Crippen molar-refractivity contribution >= 4 is 18.0 Å².